The summed E-state index contributed by atoms with van der Waals surface area (Å²) in [4.78, 5) is 8.33. The molecular weight excluding hydrogens is 254 g/mol. The summed E-state index contributed by atoms with van der Waals surface area (Å²) in [5.41, 5.74) is 1.36. The fourth-order valence-corrected chi connectivity index (χ4v) is 1.69. The van der Waals surface area contributed by atoms with Gasteiger partial charge < -0.3 is 14.4 Å². The molecule has 0 aromatic carbocycles. The van der Waals surface area contributed by atoms with Gasteiger partial charge in [-0.05, 0) is 19.1 Å². The maximum atomic E-state index is 9.21. The third-order valence-corrected chi connectivity index (χ3v) is 2.96. The van der Waals surface area contributed by atoms with Gasteiger partial charge in [0.1, 0.15) is 29.0 Å². The first-order chi connectivity index (χ1) is 8.61. The zero-order valence-corrected chi connectivity index (χ0v) is 11.0. The molecule has 1 N–H and O–H groups in total. The Bertz CT molecular complexity index is 554. The van der Waals surface area contributed by atoms with Crippen LogP contribution in [0.15, 0.2) is 18.3 Å². The van der Waals surface area contributed by atoms with E-state index in [4.69, 9.17) is 16.3 Å². The number of ether oxygens (including phenoxy) is 1. The summed E-state index contributed by atoms with van der Waals surface area (Å²) in [6, 6.07) is 3.62. The van der Waals surface area contributed by atoms with Crippen LogP contribution in [0.4, 0.5) is 0 Å². The van der Waals surface area contributed by atoms with Crippen molar-refractivity contribution in [3.63, 3.8) is 0 Å². The zero-order valence-electron chi connectivity index (χ0n) is 10.2. The molecule has 18 heavy (non-hydrogen) atoms. The fourth-order valence-electron chi connectivity index (χ4n) is 1.54. The van der Waals surface area contributed by atoms with Gasteiger partial charge in [-0.25, -0.2) is 4.98 Å². The lowest BCUT2D eigenvalue weighted by molar-refractivity contribution is 0.249. The fraction of sp³-hybridized carbons (Fsp3) is 0.333. The summed E-state index contributed by atoms with van der Waals surface area (Å²) < 4.78 is 7.34. The summed E-state index contributed by atoms with van der Waals surface area (Å²) in [7, 11) is 1.81. The second-order valence-corrected chi connectivity index (χ2v) is 4.29. The molecule has 0 unspecified atom stereocenters. The van der Waals surface area contributed by atoms with Crippen molar-refractivity contribution in [2.24, 2.45) is 7.05 Å². The molecule has 0 atom stereocenters. The van der Waals surface area contributed by atoms with Crippen molar-refractivity contribution in [2.75, 3.05) is 0 Å². The van der Waals surface area contributed by atoms with Gasteiger partial charge in [-0.15, -0.1) is 0 Å². The van der Waals surface area contributed by atoms with E-state index in [1.165, 1.54) is 0 Å². The summed E-state index contributed by atoms with van der Waals surface area (Å²) >= 11 is 5.88. The van der Waals surface area contributed by atoms with E-state index < -0.39 is 0 Å². The summed E-state index contributed by atoms with van der Waals surface area (Å²) in [5, 5.41) is 9.77. The predicted molar refractivity (Wildman–Crippen MR) is 67.4 cm³/mol. The molecule has 2 rings (SSSR count). The molecule has 2 aromatic rings. The Kier molecular flexibility index (Phi) is 3.84. The highest BCUT2D eigenvalue weighted by molar-refractivity contribution is 6.29. The molecule has 5 nitrogen and oxygen atoms in total. The number of rotatable bonds is 4. The number of aliphatic hydroxyl groups is 1. The van der Waals surface area contributed by atoms with Gasteiger partial charge in [0.2, 0.25) is 0 Å². The molecule has 0 aliphatic carbocycles. The Morgan fingerprint density at radius 1 is 1.44 bits per heavy atom. The lowest BCUT2D eigenvalue weighted by atomic mass is 10.3. The van der Waals surface area contributed by atoms with Gasteiger partial charge in [-0.1, -0.05) is 11.6 Å². The Morgan fingerprint density at radius 3 is 2.83 bits per heavy atom. The number of nitrogens with zero attached hydrogens (tertiary/aromatic N) is 3. The zero-order chi connectivity index (χ0) is 13.1. The van der Waals surface area contributed by atoms with Gasteiger partial charge in [-0.3, -0.25) is 4.98 Å². The van der Waals surface area contributed by atoms with Crippen molar-refractivity contribution in [1.29, 1.82) is 0 Å². The number of hydrogen-bond acceptors (Lipinski definition) is 4. The second kappa shape index (κ2) is 5.37. The van der Waals surface area contributed by atoms with Crippen molar-refractivity contribution in [3.8, 4) is 5.75 Å². The Morgan fingerprint density at radius 2 is 2.22 bits per heavy atom. The second-order valence-electron chi connectivity index (χ2n) is 3.90. The number of pyridine rings is 1. The molecule has 0 fully saturated rings. The van der Waals surface area contributed by atoms with E-state index in [0.717, 1.165) is 5.69 Å². The maximum Gasteiger partial charge on any atom is 0.147 e. The van der Waals surface area contributed by atoms with Crippen LogP contribution in [0.25, 0.3) is 0 Å². The summed E-state index contributed by atoms with van der Waals surface area (Å²) in [6.07, 6.45) is 1.57. The molecule has 96 valence electrons. The van der Waals surface area contributed by atoms with Crippen LogP contribution < -0.4 is 4.74 Å². The summed E-state index contributed by atoms with van der Waals surface area (Å²) in [5.74, 6) is 1.27. The largest absolute Gasteiger partial charge is 0.484 e. The van der Waals surface area contributed by atoms with E-state index in [2.05, 4.69) is 9.97 Å². The van der Waals surface area contributed by atoms with Gasteiger partial charge in [0.05, 0.1) is 12.8 Å². The predicted octanol–water partition coefficient (Wildman–Crippen LogP) is 1.85. The molecule has 0 spiro atoms. The Labute approximate surface area is 110 Å². The smallest absolute Gasteiger partial charge is 0.147 e. The quantitative estimate of drug-likeness (QED) is 0.918. The van der Waals surface area contributed by atoms with E-state index in [1.807, 2.05) is 20.0 Å². The Balaban J connectivity index is 2.13. The third kappa shape index (κ3) is 2.63. The van der Waals surface area contributed by atoms with Gasteiger partial charge in [0, 0.05) is 12.7 Å². The number of halogens is 1. The van der Waals surface area contributed by atoms with Crippen LogP contribution in [0.1, 0.15) is 17.2 Å². The molecular formula is C12H14ClN3O2. The van der Waals surface area contributed by atoms with Gasteiger partial charge in [0.25, 0.3) is 0 Å². The van der Waals surface area contributed by atoms with Crippen molar-refractivity contribution in [2.45, 2.75) is 20.1 Å². The topological polar surface area (TPSA) is 60.2 Å². The standard InChI is InChI=1S/C12H14ClN3O2/c1-8-3-4-10(9(6-17)15-8)18-7-12-14-5-11(13)16(12)2/h3-5,17H,6-7H2,1-2H3. The normalized spacial score (nSPS) is 10.7. The van der Waals surface area contributed by atoms with Crippen LogP contribution in [0, 0.1) is 6.92 Å². The van der Waals surface area contributed by atoms with Gasteiger partial charge in [0.15, 0.2) is 0 Å². The molecule has 0 aliphatic rings. The van der Waals surface area contributed by atoms with Crippen LogP contribution in [0.2, 0.25) is 5.15 Å². The van der Waals surface area contributed by atoms with E-state index >= 15 is 0 Å². The van der Waals surface area contributed by atoms with E-state index in [9.17, 15) is 5.11 Å². The molecule has 2 heterocycles. The first-order valence-electron chi connectivity index (χ1n) is 5.48. The first-order valence-corrected chi connectivity index (χ1v) is 5.86. The lowest BCUT2D eigenvalue weighted by Crippen LogP contribution is -2.06. The lowest BCUT2D eigenvalue weighted by Gasteiger charge is -2.10. The van der Waals surface area contributed by atoms with Crippen LogP contribution in [0.3, 0.4) is 0 Å². The molecule has 0 bridgehead atoms. The van der Waals surface area contributed by atoms with Crippen molar-refractivity contribution >= 4 is 11.6 Å². The average molecular weight is 268 g/mol. The Hall–Kier alpha value is -1.59. The minimum Gasteiger partial charge on any atom is -0.484 e. The number of aliphatic hydroxyl groups excluding tert-OH is 1. The monoisotopic (exact) mass is 267 g/mol. The first kappa shape index (κ1) is 12.9. The highest BCUT2D eigenvalue weighted by atomic mass is 35.5. The average Bonchev–Trinajstić information content (AvgIpc) is 2.68. The van der Waals surface area contributed by atoms with Crippen LogP contribution in [0.5, 0.6) is 5.75 Å². The van der Waals surface area contributed by atoms with Crippen LogP contribution in [-0.2, 0) is 20.3 Å². The van der Waals surface area contributed by atoms with Gasteiger partial charge >= 0.3 is 0 Å². The van der Waals surface area contributed by atoms with Crippen molar-refractivity contribution < 1.29 is 9.84 Å². The summed E-state index contributed by atoms with van der Waals surface area (Å²) in [6.45, 7) is 1.99. The third-order valence-electron chi connectivity index (χ3n) is 2.61. The highest BCUT2D eigenvalue weighted by Crippen LogP contribution is 2.19. The number of hydrogen-bond donors (Lipinski definition) is 1. The molecule has 0 amide bonds. The van der Waals surface area contributed by atoms with Crippen molar-refractivity contribution in [3.05, 3.63) is 40.7 Å². The number of imidazole rings is 1. The molecule has 0 saturated carbocycles. The number of aromatic nitrogens is 3. The minimum atomic E-state index is -0.154. The molecule has 2 aromatic heterocycles. The molecule has 6 heteroatoms. The SMILES string of the molecule is Cc1ccc(OCc2ncc(Cl)n2C)c(CO)n1. The molecule has 0 radical (unpaired) electrons. The van der Waals surface area contributed by atoms with Crippen molar-refractivity contribution in [1.82, 2.24) is 14.5 Å². The van der Waals surface area contributed by atoms with E-state index in [-0.39, 0.29) is 13.2 Å². The van der Waals surface area contributed by atoms with Crippen LogP contribution in [-0.4, -0.2) is 19.6 Å². The number of aryl methyl sites for hydroxylation is 1. The van der Waals surface area contributed by atoms with E-state index in [0.29, 0.717) is 22.4 Å². The minimum absolute atomic E-state index is 0.154. The van der Waals surface area contributed by atoms with Crippen LogP contribution >= 0.6 is 11.6 Å². The highest BCUT2D eigenvalue weighted by Gasteiger charge is 2.08. The molecule has 0 saturated heterocycles. The maximum absolute atomic E-state index is 9.21. The molecule has 0 aliphatic heterocycles. The van der Waals surface area contributed by atoms with E-state index in [1.54, 1.807) is 16.8 Å². The van der Waals surface area contributed by atoms with Gasteiger partial charge in [-0.2, -0.15) is 0 Å².